The number of benzene rings is 2. The van der Waals surface area contributed by atoms with Crippen LogP contribution in [0.4, 0.5) is 5.69 Å². The molecule has 1 aliphatic rings. The molecule has 157 valence electrons. The van der Waals surface area contributed by atoms with E-state index in [4.69, 9.17) is 16.3 Å². The number of phenols is 1. The molecule has 6 heteroatoms. The topological polar surface area (TPSA) is 57.6 Å². The van der Waals surface area contributed by atoms with E-state index in [1.54, 1.807) is 18.3 Å². The van der Waals surface area contributed by atoms with Crippen molar-refractivity contribution in [2.45, 2.75) is 37.8 Å². The van der Waals surface area contributed by atoms with Gasteiger partial charge in [-0.1, -0.05) is 17.7 Å². The average molecular weight is 425 g/mol. The van der Waals surface area contributed by atoms with Crippen LogP contribution in [0.2, 0.25) is 5.02 Å². The van der Waals surface area contributed by atoms with Crippen LogP contribution in [-0.2, 0) is 0 Å². The SMILES string of the molecule is COc1cc(-c2ccc3nc[c]c(NC4CCC(N(C)C)CC4)c3c2)cc(Cl)c1O. The zero-order valence-corrected chi connectivity index (χ0v) is 18.3. The Bertz CT molecular complexity index is 1050. The average Bonchev–Trinajstić information content (AvgIpc) is 2.76. The highest BCUT2D eigenvalue weighted by Crippen LogP contribution is 2.39. The number of anilines is 1. The number of hydrogen-bond acceptors (Lipinski definition) is 5. The van der Waals surface area contributed by atoms with E-state index < -0.39 is 0 Å². The molecular weight excluding hydrogens is 398 g/mol. The van der Waals surface area contributed by atoms with Crippen LogP contribution in [0.25, 0.3) is 22.0 Å². The Balaban J connectivity index is 1.64. The van der Waals surface area contributed by atoms with E-state index in [0.29, 0.717) is 17.8 Å². The molecule has 30 heavy (non-hydrogen) atoms. The molecule has 5 nitrogen and oxygen atoms in total. The molecule has 1 radical (unpaired) electrons. The summed E-state index contributed by atoms with van der Waals surface area (Å²) in [5, 5.41) is 15.0. The van der Waals surface area contributed by atoms with Crippen molar-refractivity contribution in [2.75, 3.05) is 26.5 Å². The van der Waals surface area contributed by atoms with Crippen molar-refractivity contribution in [1.82, 2.24) is 9.88 Å². The van der Waals surface area contributed by atoms with Crippen LogP contribution in [0.5, 0.6) is 11.5 Å². The molecule has 1 heterocycles. The summed E-state index contributed by atoms with van der Waals surface area (Å²) in [5.41, 5.74) is 3.74. The molecule has 1 saturated carbocycles. The number of hydrogen-bond donors (Lipinski definition) is 2. The number of halogens is 1. The molecule has 1 aromatic heterocycles. The van der Waals surface area contributed by atoms with Gasteiger partial charge in [-0.15, -0.1) is 0 Å². The lowest BCUT2D eigenvalue weighted by Gasteiger charge is -2.33. The van der Waals surface area contributed by atoms with Crippen molar-refractivity contribution < 1.29 is 9.84 Å². The van der Waals surface area contributed by atoms with Gasteiger partial charge in [0, 0.05) is 29.7 Å². The molecule has 2 N–H and O–H groups in total. The van der Waals surface area contributed by atoms with Crippen molar-refractivity contribution in [1.29, 1.82) is 0 Å². The van der Waals surface area contributed by atoms with E-state index in [0.717, 1.165) is 40.6 Å². The fourth-order valence-electron chi connectivity index (χ4n) is 4.23. The Morgan fingerprint density at radius 1 is 1.13 bits per heavy atom. The second kappa shape index (κ2) is 8.70. The number of methoxy groups -OCH3 is 1. The van der Waals surface area contributed by atoms with Crippen molar-refractivity contribution in [3.8, 4) is 22.6 Å². The van der Waals surface area contributed by atoms with Gasteiger partial charge in [0.25, 0.3) is 0 Å². The van der Waals surface area contributed by atoms with Crippen LogP contribution >= 0.6 is 11.6 Å². The molecule has 0 amide bonds. The van der Waals surface area contributed by atoms with Gasteiger partial charge in [-0.3, -0.25) is 4.98 Å². The highest BCUT2D eigenvalue weighted by atomic mass is 35.5. The van der Waals surface area contributed by atoms with Gasteiger partial charge in [0.05, 0.1) is 23.3 Å². The van der Waals surface area contributed by atoms with E-state index in [-0.39, 0.29) is 10.8 Å². The molecule has 3 aromatic rings. The van der Waals surface area contributed by atoms with E-state index in [1.165, 1.54) is 20.0 Å². The lowest BCUT2D eigenvalue weighted by molar-refractivity contribution is 0.221. The lowest BCUT2D eigenvalue weighted by atomic mass is 9.90. The highest BCUT2D eigenvalue weighted by Gasteiger charge is 2.22. The maximum absolute atomic E-state index is 10.0. The molecule has 4 rings (SSSR count). The Kier molecular flexibility index (Phi) is 6.02. The number of aromatic nitrogens is 1. The summed E-state index contributed by atoms with van der Waals surface area (Å²) >= 11 is 6.20. The molecule has 0 spiro atoms. The third-order valence-electron chi connectivity index (χ3n) is 6.04. The Morgan fingerprint density at radius 2 is 1.90 bits per heavy atom. The molecule has 1 aliphatic carbocycles. The standard InChI is InChI=1S/C24H27ClN3O2/c1-28(2)18-7-5-17(6-8-18)27-22-10-11-26-21-9-4-15(12-19(21)22)16-13-20(25)24(29)23(14-16)30-3/h4,9,11-14,17-18,29H,5-8H2,1-3H3,(H,26,27). The predicted octanol–water partition coefficient (Wildman–Crippen LogP) is 5.35. The van der Waals surface area contributed by atoms with Crippen LogP contribution in [0.3, 0.4) is 0 Å². The zero-order valence-electron chi connectivity index (χ0n) is 17.6. The molecule has 0 aliphatic heterocycles. The van der Waals surface area contributed by atoms with Crippen LogP contribution < -0.4 is 10.1 Å². The summed E-state index contributed by atoms with van der Waals surface area (Å²) in [5.74, 6) is 0.306. The Hall–Kier alpha value is -2.50. The molecular formula is C24H27ClN3O2. The fourth-order valence-corrected chi connectivity index (χ4v) is 4.44. The smallest absolute Gasteiger partial charge is 0.176 e. The van der Waals surface area contributed by atoms with Crippen LogP contribution in [0, 0.1) is 6.07 Å². The number of rotatable bonds is 5. The first kappa shape index (κ1) is 20.8. The molecule has 0 unspecified atom stereocenters. The summed E-state index contributed by atoms with van der Waals surface area (Å²) in [6.45, 7) is 0. The lowest BCUT2D eigenvalue weighted by Crippen LogP contribution is -2.36. The summed E-state index contributed by atoms with van der Waals surface area (Å²) in [7, 11) is 5.84. The number of ether oxygens (including phenoxy) is 1. The van der Waals surface area contributed by atoms with Gasteiger partial charge in [-0.25, -0.2) is 0 Å². The van der Waals surface area contributed by atoms with Gasteiger partial charge in [-0.2, -0.15) is 0 Å². The normalized spacial score (nSPS) is 19.2. The van der Waals surface area contributed by atoms with Crippen LogP contribution in [-0.4, -0.2) is 48.3 Å². The van der Waals surface area contributed by atoms with Gasteiger partial charge in [0.2, 0.25) is 0 Å². The quantitative estimate of drug-likeness (QED) is 0.577. The fraction of sp³-hybridized carbons (Fsp3) is 0.375. The molecule has 1 fully saturated rings. The second-order valence-electron chi connectivity index (χ2n) is 8.13. The van der Waals surface area contributed by atoms with Crippen molar-refractivity contribution in [2.24, 2.45) is 0 Å². The summed E-state index contributed by atoms with van der Waals surface area (Å²) < 4.78 is 5.26. The maximum atomic E-state index is 10.0. The van der Waals surface area contributed by atoms with E-state index in [9.17, 15) is 5.11 Å². The number of nitrogens with zero attached hydrogens (tertiary/aromatic N) is 2. The van der Waals surface area contributed by atoms with Gasteiger partial charge >= 0.3 is 0 Å². The van der Waals surface area contributed by atoms with Gasteiger partial charge in [0.15, 0.2) is 11.5 Å². The minimum Gasteiger partial charge on any atom is -0.503 e. The second-order valence-corrected chi connectivity index (χ2v) is 8.54. The third kappa shape index (κ3) is 4.18. The van der Waals surface area contributed by atoms with Crippen molar-refractivity contribution in [3.63, 3.8) is 0 Å². The highest BCUT2D eigenvalue weighted by molar-refractivity contribution is 6.32. The Morgan fingerprint density at radius 3 is 2.60 bits per heavy atom. The first-order valence-electron chi connectivity index (χ1n) is 10.3. The number of fused-ring (bicyclic) bond motifs is 1. The molecule has 2 aromatic carbocycles. The van der Waals surface area contributed by atoms with Crippen LogP contribution in [0.15, 0.2) is 36.5 Å². The summed E-state index contributed by atoms with van der Waals surface area (Å²) in [6.07, 6.45) is 6.42. The summed E-state index contributed by atoms with van der Waals surface area (Å²) in [6, 6.07) is 14.0. The van der Waals surface area contributed by atoms with Crippen molar-refractivity contribution in [3.05, 3.63) is 47.6 Å². The van der Waals surface area contributed by atoms with E-state index in [2.05, 4.69) is 41.4 Å². The number of pyridine rings is 1. The summed E-state index contributed by atoms with van der Waals surface area (Å²) in [4.78, 5) is 6.80. The van der Waals surface area contributed by atoms with Gasteiger partial charge in [-0.05, 0) is 75.2 Å². The molecule has 0 bridgehead atoms. The molecule has 0 atom stereocenters. The van der Waals surface area contributed by atoms with Crippen molar-refractivity contribution >= 4 is 28.2 Å². The number of aromatic hydroxyl groups is 1. The zero-order chi connectivity index (χ0) is 21.3. The van der Waals surface area contributed by atoms with E-state index in [1.807, 2.05) is 12.1 Å². The Labute approximate surface area is 182 Å². The number of phenolic OH excluding ortho intramolecular Hbond substituents is 1. The predicted molar refractivity (Wildman–Crippen MR) is 123 cm³/mol. The maximum Gasteiger partial charge on any atom is 0.176 e. The minimum atomic E-state index is -0.0469. The first-order valence-corrected chi connectivity index (χ1v) is 10.6. The molecule has 0 saturated heterocycles. The van der Waals surface area contributed by atoms with Gasteiger partial charge < -0.3 is 20.1 Å². The minimum absolute atomic E-state index is 0.0469. The monoisotopic (exact) mass is 424 g/mol. The third-order valence-corrected chi connectivity index (χ3v) is 6.32. The van der Waals surface area contributed by atoms with E-state index >= 15 is 0 Å². The largest absolute Gasteiger partial charge is 0.503 e. The first-order chi connectivity index (χ1) is 14.5. The van der Waals surface area contributed by atoms with Gasteiger partial charge in [0.1, 0.15) is 0 Å². The number of nitrogens with one attached hydrogen (secondary N) is 1. The van der Waals surface area contributed by atoms with Crippen LogP contribution in [0.1, 0.15) is 25.7 Å².